The molecule has 2 saturated heterocycles. The lowest BCUT2D eigenvalue weighted by Crippen LogP contribution is -2.33. The molecule has 0 aromatic heterocycles. The van der Waals surface area contributed by atoms with Gasteiger partial charge in [0.15, 0.2) is 11.6 Å². The number of alkyl halides is 3. The van der Waals surface area contributed by atoms with Gasteiger partial charge in [0.05, 0.1) is 21.1 Å². The van der Waals surface area contributed by atoms with Crippen LogP contribution in [0, 0.1) is 11.8 Å². The molecule has 3 aromatic rings. The Balaban J connectivity index is 1.29. The standard InChI is InChI=1S/C38H36F3NO7S2/c39-38(40,41)30-22-27(43)10-15-31(30)42-36(46)34(50-28-11-6-25(7-12-28)32(44)23-4-1-2-18-48-20-16-23)35(37(42)47)51-29-13-8-26(9-14-29)33(45)24-5-3-19-49-21-17-24/h6-15,22-24,43H,1-5,16-21H2. The first-order chi connectivity index (χ1) is 24.5. The van der Waals surface area contributed by atoms with Gasteiger partial charge in [-0.3, -0.25) is 19.2 Å². The van der Waals surface area contributed by atoms with E-state index in [1.807, 2.05) is 0 Å². The monoisotopic (exact) mass is 739 g/mol. The van der Waals surface area contributed by atoms with Crippen molar-refractivity contribution >= 4 is 52.6 Å². The average Bonchev–Trinajstić information content (AvgIpc) is 3.27. The molecule has 1 N–H and O–H groups in total. The number of nitrogens with zero attached hydrogens (tertiary/aromatic N) is 1. The van der Waals surface area contributed by atoms with Crippen molar-refractivity contribution in [3.63, 3.8) is 0 Å². The highest BCUT2D eigenvalue weighted by atomic mass is 32.2. The summed E-state index contributed by atoms with van der Waals surface area (Å²) in [5.41, 5.74) is -1.06. The number of ketones is 2. The zero-order valence-corrected chi connectivity index (χ0v) is 29.2. The maximum atomic E-state index is 14.1. The van der Waals surface area contributed by atoms with Crippen LogP contribution in [0.4, 0.5) is 18.9 Å². The number of anilines is 1. The SMILES string of the molecule is O=C(c1ccc(SC2=C(Sc3ccc(C(=O)C4CCCOCC4)cc3)C(=O)N(c3ccc(O)cc3C(F)(F)F)C2=O)cc1)C1CCCCOCC1. The normalized spacial score (nSPS) is 20.6. The lowest BCUT2D eigenvalue weighted by atomic mass is 9.90. The van der Waals surface area contributed by atoms with Crippen molar-refractivity contribution in [2.24, 2.45) is 11.8 Å². The van der Waals surface area contributed by atoms with Gasteiger partial charge in [0.2, 0.25) is 0 Å². The lowest BCUT2D eigenvalue weighted by molar-refractivity contribution is -0.137. The highest BCUT2D eigenvalue weighted by molar-refractivity contribution is 8.08. The maximum absolute atomic E-state index is 14.1. The molecule has 51 heavy (non-hydrogen) atoms. The number of carbonyl (C=O) groups excluding carboxylic acids is 4. The van der Waals surface area contributed by atoms with Crippen LogP contribution in [0.1, 0.15) is 71.2 Å². The number of Topliss-reactive ketones (excluding diaryl/α,β-unsaturated/α-hetero) is 2. The number of aromatic hydroxyl groups is 1. The molecular formula is C38H36F3NO7S2. The zero-order valence-electron chi connectivity index (χ0n) is 27.6. The largest absolute Gasteiger partial charge is 0.508 e. The second-order valence-electron chi connectivity index (χ2n) is 12.6. The third-order valence-electron chi connectivity index (χ3n) is 9.14. The van der Waals surface area contributed by atoms with Crippen molar-refractivity contribution in [3.8, 4) is 5.75 Å². The summed E-state index contributed by atoms with van der Waals surface area (Å²) >= 11 is 1.83. The van der Waals surface area contributed by atoms with Crippen LogP contribution in [-0.4, -0.2) is 54.9 Å². The van der Waals surface area contributed by atoms with Crippen molar-refractivity contribution in [2.75, 3.05) is 31.3 Å². The van der Waals surface area contributed by atoms with Gasteiger partial charge in [0, 0.05) is 59.2 Å². The van der Waals surface area contributed by atoms with Crippen LogP contribution < -0.4 is 4.90 Å². The Kier molecular flexibility index (Phi) is 11.7. The Morgan fingerprint density at radius 2 is 1.16 bits per heavy atom. The molecule has 0 spiro atoms. The Labute approximate surface area is 301 Å². The van der Waals surface area contributed by atoms with Gasteiger partial charge >= 0.3 is 6.18 Å². The molecular weight excluding hydrogens is 704 g/mol. The summed E-state index contributed by atoms with van der Waals surface area (Å²) < 4.78 is 53.4. The number of halogens is 3. The number of phenolic OH excluding ortho intramolecular Hbond substituents is 1. The third kappa shape index (κ3) is 8.60. The molecule has 0 saturated carbocycles. The summed E-state index contributed by atoms with van der Waals surface area (Å²) in [6, 6.07) is 15.5. The minimum absolute atomic E-state index is 0.00730. The molecule has 2 unspecified atom stereocenters. The molecule has 3 aromatic carbocycles. The van der Waals surface area contributed by atoms with Crippen molar-refractivity contribution in [1.29, 1.82) is 0 Å². The molecule has 0 bridgehead atoms. The Morgan fingerprint density at radius 3 is 1.67 bits per heavy atom. The molecule has 2 fully saturated rings. The van der Waals surface area contributed by atoms with E-state index in [0.717, 1.165) is 67.8 Å². The second kappa shape index (κ2) is 16.2. The van der Waals surface area contributed by atoms with E-state index in [9.17, 15) is 37.5 Å². The van der Waals surface area contributed by atoms with Crippen molar-refractivity contribution in [1.82, 2.24) is 0 Å². The van der Waals surface area contributed by atoms with E-state index in [-0.39, 0.29) is 33.2 Å². The number of hydrogen-bond acceptors (Lipinski definition) is 9. The van der Waals surface area contributed by atoms with Crippen LogP contribution in [0.5, 0.6) is 5.75 Å². The van der Waals surface area contributed by atoms with E-state index in [4.69, 9.17) is 9.47 Å². The fraction of sp³-hybridized carbons (Fsp3) is 0.368. The van der Waals surface area contributed by atoms with Gasteiger partial charge in [-0.15, -0.1) is 0 Å². The van der Waals surface area contributed by atoms with Crippen LogP contribution in [0.25, 0.3) is 0 Å². The van der Waals surface area contributed by atoms with Gasteiger partial charge < -0.3 is 14.6 Å². The first-order valence-corrected chi connectivity index (χ1v) is 18.5. The summed E-state index contributed by atoms with van der Waals surface area (Å²) in [6.45, 7) is 2.33. The summed E-state index contributed by atoms with van der Waals surface area (Å²) in [7, 11) is 0. The number of imide groups is 1. The van der Waals surface area contributed by atoms with Gasteiger partial charge in [0.1, 0.15) is 5.75 Å². The predicted molar refractivity (Wildman–Crippen MR) is 187 cm³/mol. The number of thioether (sulfide) groups is 2. The number of amides is 2. The molecule has 3 heterocycles. The fourth-order valence-corrected chi connectivity index (χ4v) is 8.39. The number of rotatable bonds is 9. The van der Waals surface area contributed by atoms with Gasteiger partial charge in [0.25, 0.3) is 11.8 Å². The van der Waals surface area contributed by atoms with E-state index in [0.29, 0.717) is 71.2 Å². The van der Waals surface area contributed by atoms with Gasteiger partial charge in [-0.2, -0.15) is 13.2 Å². The van der Waals surface area contributed by atoms with Gasteiger partial charge in [-0.05, 0) is 81.0 Å². The number of phenols is 1. The summed E-state index contributed by atoms with van der Waals surface area (Å²) in [4.78, 5) is 55.6. The number of benzene rings is 3. The van der Waals surface area contributed by atoms with Crippen molar-refractivity contribution < 1.29 is 46.9 Å². The molecule has 268 valence electrons. The first-order valence-electron chi connectivity index (χ1n) is 16.8. The van der Waals surface area contributed by atoms with Crippen molar-refractivity contribution in [2.45, 2.75) is 60.9 Å². The Morgan fingerprint density at radius 1 is 0.667 bits per heavy atom. The van der Waals surface area contributed by atoms with Gasteiger partial charge in [-0.25, -0.2) is 4.90 Å². The van der Waals surface area contributed by atoms with E-state index >= 15 is 0 Å². The Hall–Kier alpha value is -3.91. The summed E-state index contributed by atoms with van der Waals surface area (Å²) in [5, 5.41) is 9.83. The van der Waals surface area contributed by atoms with E-state index in [1.165, 1.54) is 0 Å². The molecule has 0 radical (unpaired) electrons. The smallest absolute Gasteiger partial charge is 0.418 e. The summed E-state index contributed by atoms with van der Waals surface area (Å²) in [5.74, 6) is -2.95. The van der Waals surface area contributed by atoms with Crippen LogP contribution in [0.3, 0.4) is 0 Å². The highest BCUT2D eigenvalue weighted by Gasteiger charge is 2.45. The molecule has 13 heteroatoms. The van der Waals surface area contributed by atoms with Gasteiger partial charge in [-0.1, -0.05) is 54.2 Å². The lowest BCUT2D eigenvalue weighted by Gasteiger charge is -2.20. The summed E-state index contributed by atoms with van der Waals surface area (Å²) in [6.07, 6.45) is 0.321. The van der Waals surface area contributed by atoms with Crippen LogP contribution >= 0.6 is 23.5 Å². The van der Waals surface area contributed by atoms with Crippen LogP contribution in [0.15, 0.2) is 86.3 Å². The Bertz CT molecular complexity index is 1810. The number of ether oxygens (including phenoxy) is 2. The predicted octanol–water partition coefficient (Wildman–Crippen LogP) is 8.47. The van der Waals surface area contributed by atoms with E-state index < -0.39 is 35.0 Å². The third-order valence-corrected chi connectivity index (χ3v) is 11.5. The maximum Gasteiger partial charge on any atom is 0.418 e. The number of carbonyl (C=O) groups is 4. The first kappa shape index (κ1) is 36.9. The van der Waals surface area contributed by atoms with Crippen molar-refractivity contribution in [3.05, 3.63) is 93.2 Å². The van der Waals surface area contributed by atoms with Crippen LogP contribution in [0.2, 0.25) is 0 Å². The van der Waals surface area contributed by atoms with Crippen LogP contribution in [-0.2, 0) is 25.2 Å². The second-order valence-corrected chi connectivity index (χ2v) is 14.8. The topological polar surface area (TPSA) is 110 Å². The highest BCUT2D eigenvalue weighted by Crippen LogP contribution is 2.47. The minimum Gasteiger partial charge on any atom is -0.508 e. The number of hydrogen-bond donors (Lipinski definition) is 1. The molecule has 2 amide bonds. The molecule has 8 nitrogen and oxygen atoms in total. The fourth-order valence-electron chi connectivity index (χ4n) is 6.41. The molecule has 2 atom stereocenters. The molecule has 3 aliphatic heterocycles. The average molecular weight is 740 g/mol. The quantitative estimate of drug-likeness (QED) is 0.171. The molecule has 6 rings (SSSR count). The minimum atomic E-state index is -4.98. The van der Waals surface area contributed by atoms with E-state index in [2.05, 4.69) is 0 Å². The molecule has 0 aliphatic carbocycles. The molecule has 3 aliphatic rings. The van der Waals surface area contributed by atoms with E-state index in [1.54, 1.807) is 48.5 Å². The zero-order chi connectivity index (χ0) is 36.1.